The van der Waals surface area contributed by atoms with Gasteiger partial charge in [-0.15, -0.1) is 0 Å². The maximum absolute atomic E-state index is 13.6. The summed E-state index contributed by atoms with van der Waals surface area (Å²) < 4.78 is 19.3. The Balaban J connectivity index is 2.14. The lowest BCUT2D eigenvalue weighted by atomic mass is 10.2. The van der Waals surface area contributed by atoms with Crippen molar-refractivity contribution in [2.75, 3.05) is 18.6 Å². The van der Waals surface area contributed by atoms with Crippen LogP contribution in [0.15, 0.2) is 28.7 Å². The summed E-state index contributed by atoms with van der Waals surface area (Å²) in [6.45, 7) is 4.41. The number of nitrogens with one attached hydrogen (secondary N) is 1. The zero-order chi connectivity index (χ0) is 13.8. The first kappa shape index (κ1) is 14.4. The maximum atomic E-state index is 13.6. The minimum absolute atomic E-state index is 0.121. The summed E-state index contributed by atoms with van der Waals surface area (Å²) in [4.78, 5) is 0. The predicted octanol–water partition coefficient (Wildman–Crippen LogP) is 4.22. The third-order valence-electron chi connectivity index (χ3n) is 2.94. The molecular weight excluding hydrogens is 261 g/mol. The average molecular weight is 281 g/mol. The molecule has 0 fully saturated rings. The first-order valence-electron chi connectivity index (χ1n) is 6.54. The normalized spacial score (nSPS) is 13.3. The van der Waals surface area contributed by atoms with Crippen molar-refractivity contribution in [1.82, 2.24) is 5.32 Å². The smallest absolute Gasteiger partial charge is 0.169 e. The van der Waals surface area contributed by atoms with Crippen molar-refractivity contribution in [2.24, 2.45) is 5.92 Å². The molecule has 2 aromatic rings. The summed E-state index contributed by atoms with van der Waals surface area (Å²) in [5.74, 6) is 3.23. The van der Waals surface area contributed by atoms with Gasteiger partial charge in [-0.05, 0) is 30.9 Å². The number of rotatable bonds is 6. The first-order chi connectivity index (χ1) is 9.11. The number of thioether (sulfide) groups is 1. The van der Waals surface area contributed by atoms with Crippen molar-refractivity contribution < 1.29 is 8.81 Å². The molecule has 0 radical (unpaired) electrons. The number of benzene rings is 1. The maximum Gasteiger partial charge on any atom is 0.169 e. The highest BCUT2D eigenvalue weighted by molar-refractivity contribution is 7.99. The van der Waals surface area contributed by atoms with E-state index in [9.17, 15) is 4.39 Å². The van der Waals surface area contributed by atoms with Crippen LogP contribution >= 0.6 is 11.8 Å². The Morgan fingerprint density at radius 1 is 1.32 bits per heavy atom. The Morgan fingerprint density at radius 2 is 2.11 bits per heavy atom. The van der Waals surface area contributed by atoms with E-state index in [1.165, 1.54) is 6.07 Å². The number of hydrogen-bond acceptors (Lipinski definition) is 3. The highest BCUT2D eigenvalue weighted by atomic mass is 32.2. The minimum atomic E-state index is -0.298. The van der Waals surface area contributed by atoms with Crippen LogP contribution in [0.3, 0.4) is 0 Å². The number of halogens is 1. The Morgan fingerprint density at radius 3 is 2.74 bits per heavy atom. The molecule has 0 amide bonds. The molecule has 1 heterocycles. The van der Waals surface area contributed by atoms with E-state index in [1.54, 1.807) is 6.07 Å². The van der Waals surface area contributed by atoms with Gasteiger partial charge in [0.1, 0.15) is 5.76 Å². The molecule has 2 nitrogen and oxygen atoms in total. The fourth-order valence-corrected chi connectivity index (χ4v) is 3.12. The monoisotopic (exact) mass is 281 g/mol. The Labute approximate surface area is 117 Å². The molecule has 0 spiro atoms. The van der Waals surface area contributed by atoms with Crippen molar-refractivity contribution in [3.05, 3.63) is 35.8 Å². The molecule has 1 aromatic heterocycles. The van der Waals surface area contributed by atoms with Crippen LogP contribution in [0.1, 0.15) is 25.6 Å². The largest absolute Gasteiger partial charge is 0.456 e. The predicted molar refractivity (Wildman–Crippen MR) is 80.1 cm³/mol. The number of furan rings is 1. The van der Waals surface area contributed by atoms with Gasteiger partial charge in [-0.25, -0.2) is 4.39 Å². The minimum Gasteiger partial charge on any atom is -0.456 e. The molecule has 0 aliphatic rings. The lowest BCUT2D eigenvalue weighted by molar-refractivity contribution is 0.466. The van der Waals surface area contributed by atoms with Crippen molar-refractivity contribution >= 4 is 22.7 Å². The number of hydrogen-bond donors (Lipinski definition) is 1. The molecule has 0 saturated carbocycles. The molecule has 0 aliphatic carbocycles. The summed E-state index contributed by atoms with van der Waals surface area (Å²) in [5.41, 5.74) is 0.353. The Kier molecular flexibility index (Phi) is 4.88. The van der Waals surface area contributed by atoms with Crippen LogP contribution in [-0.4, -0.2) is 18.6 Å². The molecule has 4 heteroatoms. The second-order valence-electron chi connectivity index (χ2n) is 5.08. The molecule has 104 valence electrons. The van der Waals surface area contributed by atoms with Crippen LogP contribution in [-0.2, 0) is 0 Å². The molecule has 1 aromatic carbocycles. The average Bonchev–Trinajstić information content (AvgIpc) is 2.79. The second-order valence-corrected chi connectivity index (χ2v) is 6.15. The van der Waals surface area contributed by atoms with Gasteiger partial charge in [0.05, 0.1) is 6.04 Å². The summed E-state index contributed by atoms with van der Waals surface area (Å²) in [7, 11) is 1.91. The van der Waals surface area contributed by atoms with Crippen molar-refractivity contribution in [2.45, 2.75) is 19.9 Å². The number of para-hydroxylation sites is 1. The fourth-order valence-electron chi connectivity index (χ4n) is 1.95. The van der Waals surface area contributed by atoms with Gasteiger partial charge < -0.3 is 9.73 Å². The van der Waals surface area contributed by atoms with Gasteiger partial charge in [0.15, 0.2) is 11.4 Å². The van der Waals surface area contributed by atoms with Crippen LogP contribution in [0.25, 0.3) is 11.0 Å². The van der Waals surface area contributed by atoms with Gasteiger partial charge in [-0.3, -0.25) is 0 Å². The van der Waals surface area contributed by atoms with Crippen LogP contribution in [0.5, 0.6) is 0 Å². The molecule has 19 heavy (non-hydrogen) atoms. The van der Waals surface area contributed by atoms with Crippen LogP contribution in [0.2, 0.25) is 0 Å². The lowest BCUT2D eigenvalue weighted by Gasteiger charge is -2.13. The van der Waals surface area contributed by atoms with E-state index in [4.69, 9.17) is 4.42 Å². The molecule has 1 unspecified atom stereocenters. The van der Waals surface area contributed by atoms with E-state index in [2.05, 4.69) is 19.2 Å². The van der Waals surface area contributed by atoms with E-state index in [0.717, 1.165) is 22.7 Å². The quantitative estimate of drug-likeness (QED) is 0.858. The zero-order valence-corrected chi connectivity index (χ0v) is 12.4. The van der Waals surface area contributed by atoms with E-state index in [1.807, 2.05) is 30.9 Å². The lowest BCUT2D eigenvalue weighted by Crippen LogP contribution is -2.18. The number of fused-ring (bicyclic) bond motifs is 1. The van der Waals surface area contributed by atoms with Gasteiger partial charge in [0.25, 0.3) is 0 Å². The molecule has 0 bridgehead atoms. The molecule has 2 rings (SSSR count). The van der Waals surface area contributed by atoms with Gasteiger partial charge in [0, 0.05) is 11.1 Å². The highest BCUT2D eigenvalue weighted by Crippen LogP contribution is 2.28. The summed E-state index contributed by atoms with van der Waals surface area (Å²) in [6, 6.07) is 7.06. The molecule has 0 saturated heterocycles. The summed E-state index contributed by atoms with van der Waals surface area (Å²) in [6.07, 6.45) is 0. The van der Waals surface area contributed by atoms with Gasteiger partial charge in [0.2, 0.25) is 0 Å². The third-order valence-corrected chi connectivity index (χ3v) is 4.41. The fraction of sp³-hybridized carbons (Fsp3) is 0.467. The van der Waals surface area contributed by atoms with E-state index >= 15 is 0 Å². The van der Waals surface area contributed by atoms with E-state index < -0.39 is 0 Å². The Hall–Kier alpha value is -1.00. The first-order valence-corrected chi connectivity index (χ1v) is 7.70. The third kappa shape index (κ3) is 3.51. The van der Waals surface area contributed by atoms with Crippen molar-refractivity contribution in [3.8, 4) is 0 Å². The highest BCUT2D eigenvalue weighted by Gasteiger charge is 2.16. The molecule has 1 N–H and O–H groups in total. The van der Waals surface area contributed by atoms with Crippen LogP contribution in [0, 0.1) is 11.7 Å². The summed E-state index contributed by atoms with van der Waals surface area (Å²) >= 11 is 1.89. The van der Waals surface area contributed by atoms with Gasteiger partial charge in [-0.1, -0.05) is 26.0 Å². The van der Waals surface area contributed by atoms with E-state index in [-0.39, 0.29) is 11.9 Å². The van der Waals surface area contributed by atoms with Crippen molar-refractivity contribution in [1.29, 1.82) is 0 Å². The second kappa shape index (κ2) is 6.44. The topological polar surface area (TPSA) is 25.2 Å². The standard InChI is InChI=1S/C15H20FNOS/c1-10(2)8-19-9-13(17-3)14-7-11-5-4-6-12(16)15(11)18-14/h4-7,10,13,17H,8-9H2,1-3H3. The SMILES string of the molecule is CNC(CSCC(C)C)c1cc2cccc(F)c2o1. The molecule has 0 aliphatic heterocycles. The Bertz CT molecular complexity index is 538. The van der Waals surface area contributed by atoms with Crippen LogP contribution in [0.4, 0.5) is 4.39 Å². The summed E-state index contributed by atoms with van der Waals surface area (Å²) in [5, 5.41) is 4.06. The van der Waals surface area contributed by atoms with Crippen molar-refractivity contribution in [3.63, 3.8) is 0 Å². The van der Waals surface area contributed by atoms with Gasteiger partial charge in [-0.2, -0.15) is 11.8 Å². The molecular formula is C15H20FNOS. The molecule has 1 atom stereocenters. The van der Waals surface area contributed by atoms with Crippen LogP contribution < -0.4 is 5.32 Å². The van der Waals surface area contributed by atoms with E-state index in [0.29, 0.717) is 11.5 Å². The van der Waals surface area contributed by atoms with Gasteiger partial charge >= 0.3 is 0 Å². The zero-order valence-electron chi connectivity index (χ0n) is 11.6.